The largest absolute Gasteiger partial charge is 0.381 e. The fourth-order valence-corrected chi connectivity index (χ4v) is 3.67. The van der Waals surface area contributed by atoms with Crippen LogP contribution < -0.4 is 5.32 Å². The van der Waals surface area contributed by atoms with Gasteiger partial charge in [-0.2, -0.15) is 0 Å². The average Bonchev–Trinajstić information content (AvgIpc) is 2.83. The molecule has 0 radical (unpaired) electrons. The summed E-state index contributed by atoms with van der Waals surface area (Å²) in [5.41, 5.74) is 0.580. The number of fused-ring (bicyclic) bond motifs is 2. The quantitative estimate of drug-likeness (QED) is 0.919. The Hall–Kier alpha value is -1.88. The van der Waals surface area contributed by atoms with E-state index in [-0.39, 0.29) is 36.5 Å². The molecule has 0 aliphatic carbocycles. The van der Waals surface area contributed by atoms with Crippen LogP contribution in [-0.4, -0.2) is 48.6 Å². The van der Waals surface area contributed by atoms with Gasteiger partial charge in [-0.3, -0.25) is 9.59 Å². The minimum atomic E-state index is -0.201. The van der Waals surface area contributed by atoms with Gasteiger partial charge in [0.15, 0.2) is 0 Å². The molecular weight excluding hydrogens is 280 g/mol. The number of nitrogens with one attached hydrogen (secondary N) is 1. The van der Waals surface area contributed by atoms with Gasteiger partial charge in [0.25, 0.3) is 5.91 Å². The van der Waals surface area contributed by atoms with E-state index < -0.39 is 0 Å². The fourth-order valence-electron chi connectivity index (χ4n) is 3.67. The number of carbonyl (C=O) groups excluding carboxylic acids is 2. The molecule has 2 aliphatic heterocycles. The van der Waals surface area contributed by atoms with E-state index in [0.717, 1.165) is 25.7 Å². The third-order valence-corrected chi connectivity index (χ3v) is 4.75. The highest BCUT2D eigenvalue weighted by Crippen LogP contribution is 2.36. The van der Waals surface area contributed by atoms with Crippen molar-refractivity contribution in [3.05, 3.63) is 35.9 Å². The Bertz CT molecular complexity index is 532. The first-order valence-corrected chi connectivity index (χ1v) is 7.86. The molecule has 0 aromatic heterocycles. The highest BCUT2D eigenvalue weighted by Gasteiger charge is 2.43. The van der Waals surface area contributed by atoms with E-state index >= 15 is 0 Å². The van der Waals surface area contributed by atoms with Crippen molar-refractivity contribution in [1.29, 1.82) is 0 Å². The van der Waals surface area contributed by atoms with Crippen molar-refractivity contribution in [2.45, 2.75) is 43.9 Å². The van der Waals surface area contributed by atoms with Crippen molar-refractivity contribution in [2.75, 3.05) is 13.7 Å². The second-order valence-corrected chi connectivity index (χ2v) is 6.06. The molecule has 1 aromatic carbocycles. The second kappa shape index (κ2) is 6.48. The number of carbonyl (C=O) groups is 2. The molecule has 2 amide bonds. The zero-order valence-corrected chi connectivity index (χ0v) is 12.8. The van der Waals surface area contributed by atoms with Gasteiger partial charge < -0.3 is 15.0 Å². The molecule has 1 aromatic rings. The van der Waals surface area contributed by atoms with Gasteiger partial charge in [-0.15, -0.1) is 0 Å². The third kappa shape index (κ3) is 2.99. The van der Waals surface area contributed by atoms with Gasteiger partial charge in [-0.1, -0.05) is 18.2 Å². The van der Waals surface area contributed by atoms with Crippen molar-refractivity contribution >= 4 is 11.8 Å². The molecule has 5 heteroatoms. The molecule has 22 heavy (non-hydrogen) atoms. The monoisotopic (exact) mass is 302 g/mol. The predicted octanol–water partition coefficient (Wildman–Crippen LogP) is 1.58. The summed E-state index contributed by atoms with van der Waals surface area (Å²) in [6, 6.07) is 9.51. The van der Waals surface area contributed by atoms with Crippen LogP contribution in [0.25, 0.3) is 0 Å². The normalized spacial score (nSPS) is 26.8. The molecule has 118 valence electrons. The van der Waals surface area contributed by atoms with Crippen LogP contribution in [-0.2, 0) is 9.53 Å². The number of hydrogen-bond donors (Lipinski definition) is 1. The smallest absolute Gasteiger partial charge is 0.251 e. The van der Waals surface area contributed by atoms with Crippen LogP contribution in [0.3, 0.4) is 0 Å². The van der Waals surface area contributed by atoms with Crippen LogP contribution in [0.2, 0.25) is 0 Å². The Kier molecular flexibility index (Phi) is 4.43. The second-order valence-electron chi connectivity index (χ2n) is 6.06. The number of amides is 2. The Labute approximate surface area is 130 Å². The van der Waals surface area contributed by atoms with Crippen LogP contribution in [0.1, 0.15) is 36.0 Å². The van der Waals surface area contributed by atoms with Crippen LogP contribution >= 0.6 is 0 Å². The van der Waals surface area contributed by atoms with Crippen LogP contribution in [0.5, 0.6) is 0 Å². The Morgan fingerprint density at radius 1 is 1.18 bits per heavy atom. The van der Waals surface area contributed by atoms with Crippen molar-refractivity contribution < 1.29 is 14.3 Å². The number of hydrogen-bond acceptors (Lipinski definition) is 3. The van der Waals surface area contributed by atoms with E-state index in [9.17, 15) is 9.59 Å². The number of piperidine rings is 1. The number of ether oxygens (including phenoxy) is 1. The van der Waals surface area contributed by atoms with Gasteiger partial charge in [0.2, 0.25) is 5.91 Å². The molecule has 3 rings (SSSR count). The first-order valence-electron chi connectivity index (χ1n) is 7.86. The van der Waals surface area contributed by atoms with Crippen LogP contribution in [0.15, 0.2) is 30.3 Å². The van der Waals surface area contributed by atoms with Gasteiger partial charge >= 0.3 is 0 Å². The lowest BCUT2D eigenvalue weighted by molar-refractivity contribution is -0.136. The summed E-state index contributed by atoms with van der Waals surface area (Å²) in [5.74, 6) is -0.181. The van der Waals surface area contributed by atoms with Gasteiger partial charge in [0.05, 0.1) is 12.6 Å². The summed E-state index contributed by atoms with van der Waals surface area (Å²) in [5, 5.41) is 2.73. The number of rotatable bonds is 4. The average molecular weight is 302 g/mol. The Morgan fingerprint density at radius 3 is 2.41 bits per heavy atom. The number of nitrogens with zero attached hydrogens (tertiary/aromatic N) is 1. The molecule has 2 fully saturated rings. The maximum Gasteiger partial charge on any atom is 0.251 e. The van der Waals surface area contributed by atoms with E-state index in [2.05, 4.69) is 5.32 Å². The maximum absolute atomic E-state index is 12.5. The summed E-state index contributed by atoms with van der Waals surface area (Å²) >= 11 is 0. The van der Waals surface area contributed by atoms with Gasteiger partial charge in [-0.25, -0.2) is 0 Å². The number of benzene rings is 1. The highest BCUT2D eigenvalue weighted by atomic mass is 16.5. The van der Waals surface area contributed by atoms with Crippen molar-refractivity contribution in [3.63, 3.8) is 0 Å². The molecule has 0 saturated carbocycles. The summed E-state index contributed by atoms with van der Waals surface area (Å²) in [7, 11) is 1.74. The van der Waals surface area contributed by atoms with E-state index in [0.29, 0.717) is 5.56 Å². The topological polar surface area (TPSA) is 58.6 Å². The zero-order valence-electron chi connectivity index (χ0n) is 12.8. The molecular formula is C17H22N2O3. The fraction of sp³-hybridized carbons (Fsp3) is 0.529. The molecule has 2 bridgehead atoms. The summed E-state index contributed by atoms with van der Waals surface area (Å²) in [4.78, 5) is 26.4. The van der Waals surface area contributed by atoms with Crippen LogP contribution in [0.4, 0.5) is 0 Å². The highest BCUT2D eigenvalue weighted by molar-refractivity contribution is 5.96. The van der Waals surface area contributed by atoms with Crippen molar-refractivity contribution in [3.8, 4) is 0 Å². The molecule has 3 atom stereocenters. The minimum Gasteiger partial charge on any atom is -0.381 e. The minimum absolute atomic E-state index is 0.0198. The Balaban J connectivity index is 1.56. The molecule has 1 N–H and O–H groups in total. The lowest BCUT2D eigenvalue weighted by Crippen LogP contribution is -2.51. The lowest BCUT2D eigenvalue weighted by Gasteiger charge is -2.38. The number of methoxy groups -OCH3 is 1. The predicted molar refractivity (Wildman–Crippen MR) is 82.5 cm³/mol. The molecule has 2 heterocycles. The Morgan fingerprint density at radius 2 is 1.82 bits per heavy atom. The third-order valence-electron chi connectivity index (χ3n) is 4.75. The summed E-state index contributed by atoms with van der Waals surface area (Å²) in [6.07, 6.45) is 4.17. The molecule has 5 nitrogen and oxygen atoms in total. The first-order chi connectivity index (χ1) is 10.7. The molecule has 1 unspecified atom stereocenters. The van der Waals surface area contributed by atoms with E-state index in [1.807, 2.05) is 23.1 Å². The van der Waals surface area contributed by atoms with E-state index in [1.54, 1.807) is 19.2 Å². The van der Waals surface area contributed by atoms with Gasteiger partial charge in [0, 0.05) is 24.8 Å². The standard InChI is InChI=1S/C17H22N2O3/c1-22-15-9-13-7-8-14(10-15)19(13)16(20)11-18-17(21)12-5-3-2-4-6-12/h2-6,13-15H,7-11H2,1H3,(H,18,21)/t13-,14+,15?. The lowest BCUT2D eigenvalue weighted by atomic mass is 9.99. The SMILES string of the molecule is COC1C[C@H]2CC[C@@H](C1)N2C(=O)CNC(=O)c1ccccc1. The van der Waals surface area contributed by atoms with Gasteiger partial charge in [0.1, 0.15) is 0 Å². The maximum atomic E-state index is 12.5. The summed E-state index contributed by atoms with van der Waals surface area (Å²) < 4.78 is 5.45. The molecule has 2 aliphatic rings. The van der Waals surface area contributed by atoms with Crippen molar-refractivity contribution in [2.24, 2.45) is 0 Å². The van der Waals surface area contributed by atoms with E-state index in [1.165, 1.54) is 0 Å². The summed E-state index contributed by atoms with van der Waals surface area (Å²) in [6.45, 7) is 0.0678. The van der Waals surface area contributed by atoms with E-state index in [4.69, 9.17) is 4.74 Å². The van der Waals surface area contributed by atoms with Gasteiger partial charge in [-0.05, 0) is 37.8 Å². The molecule has 0 spiro atoms. The van der Waals surface area contributed by atoms with Crippen LogP contribution in [0, 0.1) is 0 Å². The molecule has 2 saturated heterocycles. The first kappa shape index (κ1) is 15.0. The zero-order chi connectivity index (χ0) is 15.5. The van der Waals surface area contributed by atoms with Crippen molar-refractivity contribution in [1.82, 2.24) is 10.2 Å².